The monoisotopic (exact) mass is 348 g/mol. The molecule has 0 aliphatic carbocycles. The molecule has 1 aliphatic rings. The van der Waals surface area contributed by atoms with Crippen molar-refractivity contribution in [2.75, 3.05) is 32.7 Å². The first kappa shape index (κ1) is 19.2. The van der Waals surface area contributed by atoms with E-state index in [2.05, 4.69) is 4.90 Å². The SMILES string of the molecule is CC(C)(C)OC(=O)CCN1CCN(C(=O)OCc2ccccc2)CC1. The molecule has 1 heterocycles. The van der Waals surface area contributed by atoms with E-state index in [4.69, 9.17) is 9.47 Å². The van der Waals surface area contributed by atoms with Crippen LogP contribution in [-0.4, -0.2) is 60.2 Å². The maximum absolute atomic E-state index is 12.1. The summed E-state index contributed by atoms with van der Waals surface area (Å²) in [6, 6.07) is 9.64. The van der Waals surface area contributed by atoms with Gasteiger partial charge in [-0.25, -0.2) is 4.79 Å². The van der Waals surface area contributed by atoms with E-state index in [-0.39, 0.29) is 12.1 Å². The van der Waals surface area contributed by atoms with Crippen LogP contribution in [-0.2, 0) is 20.9 Å². The molecule has 0 aromatic heterocycles. The Morgan fingerprint density at radius 3 is 2.28 bits per heavy atom. The number of esters is 1. The Morgan fingerprint density at radius 1 is 1.04 bits per heavy atom. The second kappa shape index (κ2) is 8.85. The Morgan fingerprint density at radius 2 is 1.68 bits per heavy atom. The average Bonchev–Trinajstić information content (AvgIpc) is 2.58. The van der Waals surface area contributed by atoms with Crippen molar-refractivity contribution in [3.05, 3.63) is 35.9 Å². The van der Waals surface area contributed by atoms with Crippen molar-refractivity contribution < 1.29 is 19.1 Å². The fourth-order valence-corrected chi connectivity index (χ4v) is 2.61. The molecule has 1 aliphatic heterocycles. The molecule has 1 fully saturated rings. The Hall–Kier alpha value is -2.08. The lowest BCUT2D eigenvalue weighted by Crippen LogP contribution is -2.49. The molecule has 0 saturated carbocycles. The Labute approximate surface area is 149 Å². The van der Waals surface area contributed by atoms with Gasteiger partial charge < -0.3 is 14.4 Å². The van der Waals surface area contributed by atoms with E-state index in [9.17, 15) is 9.59 Å². The van der Waals surface area contributed by atoms with Crippen LogP contribution >= 0.6 is 0 Å². The first-order chi connectivity index (χ1) is 11.8. The summed E-state index contributed by atoms with van der Waals surface area (Å²) >= 11 is 0. The van der Waals surface area contributed by atoms with E-state index in [0.29, 0.717) is 32.7 Å². The summed E-state index contributed by atoms with van der Waals surface area (Å²) in [6.07, 6.45) is 0.0889. The fraction of sp³-hybridized carbons (Fsp3) is 0.579. The molecule has 25 heavy (non-hydrogen) atoms. The minimum Gasteiger partial charge on any atom is -0.460 e. The predicted octanol–water partition coefficient (Wildman–Crippen LogP) is 2.67. The minimum absolute atomic E-state index is 0.183. The van der Waals surface area contributed by atoms with Gasteiger partial charge in [0.1, 0.15) is 12.2 Å². The van der Waals surface area contributed by atoms with Gasteiger partial charge in [-0.2, -0.15) is 0 Å². The molecular weight excluding hydrogens is 320 g/mol. The number of hydrogen-bond acceptors (Lipinski definition) is 5. The maximum atomic E-state index is 12.1. The van der Waals surface area contributed by atoms with Crippen LogP contribution in [0.5, 0.6) is 0 Å². The highest BCUT2D eigenvalue weighted by Gasteiger charge is 2.23. The molecule has 0 radical (unpaired) electrons. The zero-order valence-electron chi connectivity index (χ0n) is 15.4. The highest BCUT2D eigenvalue weighted by Crippen LogP contribution is 2.10. The van der Waals surface area contributed by atoms with Crippen LogP contribution in [0, 0.1) is 0 Å². The van der Waals surface area contributed by atoms with E-state index < -0.39 is 5.60 Å². The first-order valence-corrected chi connectivity index (χ1v) is 8.73. The van der Waals surface area contributed by atoms with Crippen molar-refractivity contribution in [1.82, 2.24) is 9.80 Å². The smallest absolute Gasteiger partial charge is 0.410 e. The lowest BCUT2D eigenvalue weighted by molar-refractivity contribution is -0.155. The largest absolute Gasteiger partial charge is 0.460 e. The van der Waals surface area contributed by atoms with E-state index in [0.717, 1.165) is 18.7 Å². The van der Waals surface area contributed by atoms with E-state index in [1.54, 1.807) is 4.90 Å². The predicted molar refractivity (Wildman–Crippen MR) is 95.1 cm³/mol. The number of rotatable bonds is 5. The number of carbonyl (C=O) groups is 2. The number of nitrogens with zero attached hydrogens (tertiary/aromatic N) is 2. The Kier molecular flexibility index (Phi) is 6.82. The number of carbonyl (C=O) groups excluding carboxylic acids is 2. The second-order valence-electron chi connectivity index (χ2n) is 7.21. The van der Waals surface area contributed by atoms with Gasteiger partial charge in [-0.1, -0.05) is 30.3 Å². The highest BCUT2D eigenvalue weighted by atomic mass is 16.6. The summed E-state index contributed by atoms with van der Waals surface area (Å²) in [7, 11) is 0. The van der Waals surface area contributed by atoms with Crippen LogP contribution in [0.2, 0.25) is 0 Å². The third-order valence-electron chi connectivity index (χ3n) is 3.89. The van der Waals surface area contributed by atoms with Gasteiger partial charge in [0.2, 0.25) is 0 Å². The minimum atomic E-state index is -0.446. The number of amides is 1. The van der Waals surface area contributed by atoms with Crippen molar-refractivity contribution in [1.29, 1.82) is 0 Å². The van der Waals surface area contributed by atoms with Gasteiger partial charge in [-0.15, -0.1) is 0 Å². The highest BCUT2D eigenvalue weighted by molar-refractivity contribution is 5.70. The van der Waals surface area contributed by atoms with Crippen molar-refractivity contribution >= 4 is 12.1 Å². The normalized spacial score (nSPS) is 15.7. The quantitative estimate of drug-likeness (QED) is 0.766. The van der Waals surface area contributed by atoms with Gasteiger partial charge in [-0.3, -0.25) is 9.69 Å². The molecule has 0 N–H and O–H groups in total. The Balaban J connectivity index is 1.65. The topological polar surface area (TPSA) is 59.1 Å². The molecule has 1 aromatic carbocycles. The summed E-state index contributed by atoms with van der Waals surface area (Å²) in [5, 5.41) is 0. The number of ether oxygens (including phenoxy) is 2. The zero-order valence-corrected chi connectivity index (χ0v) is 15.4. The van der Waals surface area contributed by atoms with Gasteiger partial charge in [0, 0.05) is 32.7 Å². The molecule has 6 nitrogen and oxygen atoms in total. The van der Waals surface area contributed by atoms with Crippen molar-refractivity contribution in [3.8, 4) is 0 Å². The molecule has 0 spiro atoms. The molecule has 1 saturated heterocycles. The summed E-state index contributed by atoms with van der Waals surface area (Å²) in [6.45, 7) is 9.25. The first-order valence-electron chi connectivity index (χ1n) is 8.73. The van der Waals surface area contributed by atoms with Crippen LogP contribution in [0.3, 0.4) is 0 Å². The van der Waals surface area contributed by atoms with Crippen LogP contribution < -0.4 is 0 Å². The lowest BCUT2D eigenvalue weighted by Gasteiger charge is -2.34. The maximum Gasteiger partial charge on any atom is 0.410 e. The fourth-order valence-electron chi connectivity index (χ4n) is 2.61. The molecule has 0 atom stereocenters. The summed E-state index contributed by atoms with van der Waals surface area (Å²) in [5.74, 6) is -0.183. The van der Waals surface area contributed by atoms with Crippen LogP contribution in [0.1, 0.15) is 32.8 Å². The molecule has 1 aromatic rings. The van der Waals surface area contributed by atoms with E-state index in [1.165, 1.54) is 0 Å². The van der Waals surface area contributed by atoms with Gasteiger partial charge in [0.05, 0.1) is 6.42 Å². The molecule has 0 bridgehead atoms. The summed E-state index contributed by atoms with van der Waals surface area (Å²) in [5.41, 5.74) is 0.532. The molecule has 6 heteroatoms. The van der Waals surface area contributed by atoms with Crippen molar-refractivity contribution in [3.63, 3.8) is 0 Å². The van der Waals surface area contributed by atoms with E-state index >= 15 is 0 Å². The molecular formula is C19H28N2O4. The van der Waals surface area contributed by atoms with E-state index in [1.807, 2.05) is 51.1 Å². The number of benzene rings is 1. The lowest BCUT2D eigenvalue weighted by atomic mass is 10.2. The second-order valence-corrected chi connectivity index (χ2v) is 7.21. The van der Waals surface area contributed by atoms with Crippen molar-refractivity contribution in [2.24, 2.45) is 0 Å². The third kappa shape index (κ3) is 7.13. The molecule has 138 valence electrons. The number of piperazine rings is 1. The average molecular weight is 348 g/mol. The van der Waals surface area contributed by atoms with Crippen LogP contribution in [0.4, 0.5) is 4.79 Å². The molecule has 0 unspecified atom stereocenters. The zero-order chi connectivity index (χ0) is 18.3. The van der Waals surface area contributed by atoms with Gasteiger partial charge in [0.25, 0.3) is 0 Å². The molecule has 1 amide bonds. The van der Waals surface area contributed by atoms with Gasteiger partial charge in [0.15, 0.2) is 0 Å². The van der Waals surface area contributed by atoms with Gasteiger partial charge >= 0.3 is 12.1 Å². The van der Waals surface area contributed by atoms with Crippen LogP contribution in [0.25, 0.3) is 0 Å². The Bertz CT molecular complexity index is 561. The van der Waals surface area contributed by atoms with Crippen LogP contribution in [0.15, 0.2) is 30.3 Å². The standard InChI is InChI=1S/C19H28N2O4/c1-19(2,3)25-17(22)9-10-20-11-13-21(14-12-20)18(23)24-15-16-7-5-4-6-8-16/h4-8H,9-15H2,1-3H3. The molecule has 2 rings (SSSR count). The third-order valence-corrected chi connectivity index (χ3v) is 3.89. The number of hydrogen-bond donors (Lipinski definition) is 0. The van der Waals surface area contributed by atoms with Gasteiger partial charge in [-0.05, 0) is 26.3 Å². The van der Waals surface area contributed by atoms with Crippen molar-refractivity contribution in [2.45, 2.75) is 39.4 Å². The summed E-state index contributed by atoms with van der Waals surface area (Å²) < 4.78 is 10.7. The summed E-state index contributed by atoms with van der Waals surface area (Å²) in [4.78, 5) is 27.8.